The molecule has 0 saturated heterocycles. The van der Waals surface area contributed by atoms with Gasteiger partial charge in [0.15, 0.2) is 6.61 Å². The Morgan fingerprint density at radius 3 is 2.43 bits per heavy atom. The van der Waals surface area contributed by atoms with Crippen molar-refractivity contribution >= 4 is 46.9 Å². The molecule has 0 atom stereocenters. The summed E-state index contributed by atoms with van der Waals surface area (Å²) in [7, 11) is 0. The summed E-state index contributed by atoms with van der Waals surface area (Å²) in [6.45, 7) is 2.90. The van der Waals surface area contributed by atoms with Crippen molar-refractivity contribution in [1.29, 1.82) is 0 Å². The minimum absolute atomic E-state index is 0.0825. The molecule has 3 aromatic carbocycles. The van der Waals surface area contributed by atoms with E-state index in [1.807, 2.05) is 13.8 Å². The number of alkyl halides is 3. The van der Waals surface area contributed by atoms with Gasteiger partial charge in [-0.05, 0) is 65.9 Å². The third kappa shape index (κ3) is 11.5. The Kier molecular flexibility index (Phi) is 12.0. The number of amides is 2. The molecule has 15 nitrogen and oxygen atoms in total. The summed E-state index contributed by atoms with van der Waals surface area (Å²) < 4.78 is 54.9. The highest BCUT2D eigenvalue weighted by molar-refractivity contribution is 6.32. The molecule has 2 amide bonds. The number of anilines is 3. The largest absolute Gasteiger partial charge is 0.492 e. The monoisotopic (exact) mass is 758 g/mol. The molecular weight excluding hydrogens is 725 g/mol. The average molecular weight is 759 g/mol. The predicted octanol–water partition coefficient (Wildman–Crippen LogP) is 6.77. The maximum absolute atomic E-state index is 13.4. The number of nitrogens with one attached hydrogen (secondary N) is 3. The molecule has 280 valence electrons. The minimum atomic E-state index is -4.62. The van der Waals surface area contributed by atoms with E-state index in [9.17, 15) is 32.9 Å². The fraction of sp³-hybridized carbons (Fsp3) is 0.324. The molecule has 4 aliphatic rings. The van der Waals surface area contributed by atoms with Crippen molar-refractivity contribution in [2.75, 3.05) is 43.5 Å². The Bertz CT molecular complexity index is 1930. The van der Waals surface area contributed by atoms with Gasteiger partial charge in [0.25, 0.3) is 11.6 Å². The van der Waals surface area contributed by atoms with Crippen LogP contribution in [0, 0.1) is 15.5 Å². The molecule has 6 bridgehead atoms. The summed E-state index contributed by atoms with van der Waals surface area (Å²) in [5, 5.41) is 20.0. The molecule has 3 N–H and O–H groups in total. The zero-order valence-corrected chi connectivity index (χ0v) is 29.2. The Labute approximate surface area is 306 Å². The molecule has 19 heteroatoms. The molecule has 4 aromatic rings. The highest BCUT2D eigenvalue weighted by Crippen LogP contribution is 2.27. The van der Waals surface area contributed by atoms with E-state index >= 15 is 0 Å². The van der Waals surface area contributed by atoms with Crippen LogP contribution in [0.4, 0.5) is 41.2 Å². The van der Waals surface area contributed by atoms with Crippen LogP contribution in [0.2, 0.25) is 5.02 Å². The van der Waals surface area contributed by atoms with Gasteiger partial charge >= 0.3 is 18.3 Å². The van der Waals surface area contributed by atoms with Crippen molar-refractivity contribution in [3.05, 3.63) is 93.0 Å². The van der Waals surface area contributed by atoms with Crippen LogP contribution in [0.5, 0.6) is 17.5 Å². The first kappa shape index (κ1) is 38.3. The van der Waals surface area contributed by atoms with Gasteiger partial charge < -0.3 is 35.1 Å². The lowest BCUT2D eigenvalue weighted by atomic mass is 9.92. The number of carbonyl (C=O) groups excluding carboxylic acids is 2. The van der Waals surface area contributed by atoms with E-state index in [1.54, 1.807) is 30.3 Å². The number of nitrogens with zero attached hydrogens (tertiary/aromatic N) is 5. The first-order valence-electron chi connectivity index (χ1n) is 16.1. The molecular formula is C34H34ClF3N8O7. The Balaban J connectivity index is 1.37. The van der Waals surface area contributed by atoms with Crippen molar-refractivity contribution in [1.82, 2.24) is 25.2 Å². The zero-order chi connectivity index (χ0) is 38.2. The predicted molar refractivity (Wildman–Crippen MR) is 187 cm³/mol. The van der Waals surface area contributed by atoms with Crippen LogP contribution in [0.15, 0.2) is 66.7 Å². The van der Waals surface area contributed by atoms with Gasteiger partial charge in [0, 0.05) is 49.6 Å². The maximum Gasteiger partial charge on any atom is 0.422 e. The lowest BCUT2D eigenvalue weighted by Gasteiger charge is -2.32. The molecule has 8 rings (SSSR count). The second kappa shape index (κ2) is 16.6. The van der Waals surface area contributed by atoms with Crippen LogP contribution in [0.25, 0.3) is 0 Å². The first-order valence-corrected chi connectivity index (χ1v) is 16.5. The summed E-state index contributed by atoms with van der Waals surface area (Å²) in [6, 6.07) is 15.8. The third-order valence-electron chi connectivity index (χ3n) is 7.52. The summed E-state index contributed by atoms with van der Waals surface area (Å²) in [5.74, 6) is -0.110. The van der Waals surface area contributed by atoms with Crippen LogP contribution in [-0.4, -0.2) is 75.8 Å². The van der Waals surface area contributed by atoms with E-state index in [0.29, 0.717) is 29.0 Å². The van der Waals surface area contributed by atoms with E-state index in [4.69, 9.17) is 25.8 Å². The maximum atomic E-state index is 13.4. The highest BCUT2D eigenvalue weighted by Gasteiger charge is 2.30. The molecule has 4 aliphatic heterocycles. The molecule has 0 saturated carbocycles. The highest BCUT2D eigenvalue weighted by atomic mass is 35.5. The number of hydrogen-bond donors (Lipinski definition) is 3. The fourth-order valence-electron chi connectivity index (χ4n) is 4.96. The summed E-state index contributed by atoms with van der Waals surface area (Å²) in [4.78, 5) is 50.6. The van der Waals surface area contributed by atoms with Crippen molar-refractivity contribution in [3.8, 4) is 17.5 Å². The number of nitro groups is 1. The average Bonchev–Trinajstić information content (AvgIpc) is 3.10. The lowest BCUT2D eigenvalue weighted by molar-refractivity contribution is -0.384. The third-order valence-corrected chi connectivity index (χ3v) is 7.81. The standard InChI is InChI=1S/C34H34ClF3N8O7/c1-33(2)18-40-28(47)22-5-7-23(8-6-22)41-30-42-29(43-31(44-30)52-20-34(36,37)38)39-17-21-4-13-27(26(35)16-21)51-15-3-14-45(19-33)32(48)53-25-11-9-24(10-12-25)46(49)50/h4-13,16H,3,14-15,17-20H2,1-2H3,(H,40,47)(H2,39,41,42,43,44). The second-order valence-electron chi connectivity index (χ2n) is 12.6. The van der Waals surface area contributed by atoms with Crippen LogP contribution in [-0.2, 0) is 6.54 Å². The van der Waals surface area contributed by atoms with Gasteiger partial charge in [0.2, 0.25) is 11.9 Å². The number of hydrogen-bond acceptors (Lipinski definition) is 12. The number of ether oxygens (including phenoxy) is 3. The second-order valence-corrected chi connectivity index (χ2v) is 13.0. The van der Waals surface area contributed by atoms with Gasteiger partial charge in [-0.1, -0.05) is 31.5 Å². The van der Waals surface area contributed by atoms with Gasteiger partial charge in [-0.2, -0.15) is 28.1 Å². The van der Waals surface area contributed by atoms with E-state index in [2.05, 4.69) is 30.9 Å². The van der Waals surface area contributed by atoms with Crippen molar-refractivity contribution in [2.24, 2.45) is 5.41 Å². The van der Waals surface area contributed by atoms with Crippen LogP contribution >= 0.6 is 11.6 Å². The van der Waals surface area contributed by atoms with Crippen LogP contribution in [0.3, 0.4) is 0 Å². The van der Waals surface area contributed by atoms with Gasteiger partial charge in [-0.25, -0.2) is 4.79 Å². The Morgan fingerprint density at radius 1 is 1.04 bits per heavy atom. The van der Waals surface area contributed by atoms with Crippen molar-refractivity contribution in [3.63, 3.8) is 0 Å². The quantitative estimate of drug-likeness (QED) is 0.147. The van der Waals surface area contributed by atoms with E-state index < -0.39 is 41.1 Å². The number of carbonyl (C=O) groups is 2. The SMILES string of the molecule is CC1(C)CNC(=O)c2ccc(cc2)Nc2nc(nc(OCC(F)(F)F)n2)NCc2ccc(c(Cl)c2)OCCCN(C(=O)Oc2ccc([N+](=O)[O-])cc2)C1. The molecule has 1 aromatic heterocycles. The van der Waals surface area contributed by atoms with Gasteiger partial charge in [-0.15, -0.1) is 0 Å². The number of nitro benzene ring substituents is 1. The van der Waals surface area contributed by atoms with Gasteiger partial charge in [0.1, 0.15) is 11.5 Å². The fourth-order valence-corrected chi connectivity index (χ4v) is 5.21. The smallest absolute Gasteiger partial charge is 0.422 e. The molecule has 0 aliphatic carbocycles. The summed E-state index contributed by atoms with van der Waals surface area (Å²) >= 11 is 6.50. The Morgan fingerprint density at radius 2 is 1.75 bits per heavy atom. The number of aromatic nitrogens is 3. The van der Waals surface area contributed by atoms with E-state index in [0.717, 1.165) is 0 Å². The molecule has 0 radical (unpaired) electrons. The minimum Gasteiger partial charge on any atom is -0.492 e. The topological polar surface area (TPSA) is 183 Å². The van der Waals surface area contributed by atoms with Gasteiger partial charge in [-0.3, -0.25) is 14.9 Å². The lowest BCUT2D eigenvalue weighted by Crippen LogP contribution is -2.46. The number of rotatable bonds is 4. The molecule has 5 heterocycles. The molecule has 53 heavy (non-hydrogen) atoms. The summed E-state index contributed by atoms with van der Waals surface area (Å²) in [6.07, 6.45) is -4.96. The normalized spacial score (nSPS) is 15.2. The van der Waals surface area contributed by atoms with E-state index in [1.165, 1.54) is 41.3 Å². The van der Waals surface area contributed by atoms with Gasteiger partial charge in [0.05, 0.1) is 16.6 Å². The summed E-state index contributed by atoms with van der Waals surface area (Å²) in [5.41, 5.74) is 0.584. The number of non-ortho nitro benzene ring substituents is 1. The molecule has 0 unspecified atom stereocenters. The first-order chi connectivity index (χ1) is 25.1. The van der Waals surface area contributed by atoms with Crippen LogP contribution in [0.1, 0.15) is 36.2 Å². The zero-order valence-electron chi connectivity index (χ0n) is 28.4. The Hall–Kier alpha value is -5.91. The molecule has 0 spiro atoms. The van der Waals surface area contributed by atoms with Crippen molar-refractivity contribution in [2.45, 2.75) is 33.0 Å². The van der Waals surface area contributed by atoms with Crippen molar-refractivity contribution < 1.29 is 41.9 Å². The molecule has 0 fully saturated rings. The number of halogens is 4. The van der Waals surface area contributed by atoms with E-state index in [-0.39, 0.29) is 61.1 Å². The number of benzene rings is 3. The van der Waals surface area contributed by atoms with Crippen LogP contribution < -0.4 is 30.2 Å².